The van der Waals surface area contributed by atoms with Gasteiger partial charge in [-0.3, -0.25) is 4.68 Å². The number of methoxy groups -OCH3 is 1. The third kappa shape index (κ3) is 3.30. The molecule has 0 aliphatic heterocycles. The second kappa shape index (κ2) is 6.37. The minimum absolute atomic E-state index is 0.234. The minimum Gasteiger partial charge on any atom is -0.380 e. The van der Waals surface area contributed by atoms with Crippen molar-refractivity contribution in [2.24, 2.45) is 7.05 Å². The third-order valence-corrected chi connectivity index (χ3v) is 3.54. The number of nitrogens with one attached hydrogen (secondary N) is 1. The lowest BCUT2D eigenvalue weighted by Crippen LogP contribution is -2.26. The molecular formula is C11H20BrN3O. The van der Waals surface area contributed by atoms with Gasteiger partial charge in [-0.15, -0.1) is 0 Å². The zero-order valence-electron chi connectivity index (χ0n) is 10.4. The van der Waals surface area contributed by atoms with Gasteiger partial charge in [0.2, 0.25) is 0 Å². The summed E-state index contributed by atoms with van der Waals surface area (Å²) in [5.74, 6) is 0. The Morgan fingerprint density at radius 1 is 1.56 bits per heavy atom. The Labute approximate surface area is 105 Å². The van der Waals surface area contributed by atoms with Crippen LogP contribution in [0, 0.1) is 0 Å². The van der Waals surface area contributed by atoms with Crippen LogP contribution >= 0.6 is 15.9 Å². The summed E-state index contributed by atoms with van der Waals surface area (Å²) in [6.45, 7) is 5.80. The molecule has 5 heteroatoms. The highest BCUT2D eigenvalue weighted by Crippen LogP contribution is 2.21. The number of rotatable bonds is 6. The first-order valence-electron chi connectivity index (χ1n) is 5.53. The number of aromatic nitrogens is 2. The summed E-state index contributed by atoms with van der Waals surface area (Å²) in [5, 5.41) is 7.80. The van der Waals surface area contributed by atoms with Crippen LogP contribution in [0.15, 0.2) is 4.47 Å². The molecule has 92 valence electrons. The van der Waals surface area contributed by atoms with E-state index in [0.29, 0.717) is 0 Å². The maximum Gasteiger partial charge on any atom is 0.0767 e. The third-order valence-electron chi connectivity index (χ3n) is 2.63. The van der Waals surface area contributed by atoms with E-state index < -0.39 is 0 Å². The molecule has 0 aromatic carbocycles. The summed E-state index contributed by atoms with van der Waals surface area (Å²) in [6.07, 6.45) is 1.18. The molecule has 0 aliphatic rings. The van der Waals surface area contributed by atoms with Gasteiger partial charge >= 0.3 is 0 Å². The van der Waals surface area contributed by atoms with Crippen LogP contribution in [-0.4, -0.2) is 29.5 Å². The van der Waals surface area contributed by atoms with E-state index in [-0.39, 0.29) is 6.10 Å². The maximum atomic E-state index is 5.18. The molecule has 1 heterocycles. The second-order valence-electron chi connectivity index (χ2n) is 3.86. The van der Waals surface area contributed by atoms with Gasteiger partial charge in [0.25, 0.3) is 0 Å². The molecule has 1 aromatic heterocycles. The Balaban J connectivity index is 2.56. The Hall–Kier alpha value is -0.390. The monoisotopic (exact) mass is 289 g/mol. The lowest BCUT2D eigenvalue weighted by atomic mass is 10.3. The minimum atomic E-state index is 0.234. The average molecular weight is 290 g/mol. The van der Waals surface area contributed by atoms with Crippen molar-refractivity contribution in [3.8, 4) is 0 Å². The van der Waals surface area contributed by atoms with Gasteiger partial charge in [0.05, 0.1) is 22.0 Å². The SMILES string of the molecule is CCc1nn(C)c(CNCC(C)OC)c1Br. The molecule has 1 N–H and O–H groups in total. The van der Waals surface area contributed by atoms with Gasteiger partial charge in [0.1, 0.15) is 0 Å². The highest BCUT2D eigenvalue weighted by Gasteiger charge is 2.11. The summed E-state index contributed by atoms with van der Waals surface area (Å²) in [4.78, 5) is 0. The van der Waals surface area contributed by atoms with Crippen LogP contribution in [0.25, 0.3) is 0 Å². The summed E-state index contributed by atoms with van der Waals surface area (Å²) in [7, 11) is 3.70. The molecule has 0 fully saturated rings. The van der Waals surface area contributed by atoms with Gasteiger partial charge in [0.15, 0.2) is 0 Å². The van der Waals surface area contributed by atoms with Crippen molar-refractivity contribution < 1.29 is 4.74 Å². The van der Waals surface area contributed by atoms with Crippen molar-refractivity contribution in [1.82, 2.24) is 15.1 Å². The van der Waals surface area contributed by atoms with Crippen molar-refractivity contribution in [3.63, 3.8) is 0 Å². The molecule has 0 radical (unpaired) electrons. The van der Waals surface area contributed by atoms with Crippen LogP contribution in [0.1, 0.15) is 25.2 Å². The van der Waals surface area contributed by atoms with Gasteiger partial charge in [-0.1, -0.05) is 6.92 Å². The molecular weight excluding hydrogens is 270 g/mol. The predicted molar refractivity (Wildman–Crippen MR) is 68.5 cm³/mol. The topological polar surface area (TPSA) is 39.1 Å². The molecule has 0 spiro atoms. The summed E-state index contributed by atoms with van der Waals surface area (Å²) in [6, 6.07) is 0. The zero-order chi connectivity index (χ0) is 12.1. The Bertz CT molecular complexity index is 338. The van der Waals surface area contributed by atoms with Crippen LogP contribution in [0.3, 0.4) is 0 Å². The van der Waals surface area contributed by atoms with E-state index in [1.807, 2.05) is 18.7 Å². The standard InChI is InChI=1S/C11H20BrN3O/c1-5-9-11(12)10(15(3)14-9)7-13-6-8(2)16-4/h8,13H,5-7H2,1-4H3. The first kappa shape index (κ1) is 13.7. The van der Waals surface area contributed by atoms with Gasteiger partial charge in [0, 0.05) is 27.2 Å². The van der Waals surface area contributed by atoms with E-state index in [1.54, 1.807) is 7.11 Å². The van der Waals surface area contributed by atoms with Gasteiger partial charge in [-0.25, -0.2) is 0 Å². The first-order chi connectivity index (χ1) is 7.60. The van der Waals surface area contributed by atoms with Crippen molar-refractivity contribution in [3.05, 3.63) is 15.9 Å². The van der Waals surface area contributed by atoms with Crippen molar-refractivity contribution in [2.45, 2.75) is 32.9 Å². The molecule has 1 rings (SSSR count). The molecule has 16 heavy (non-hydrogen) atoms. The maximum absolute atomic E-state index is 5.18. The Kier molecular flexibility index (Phi) is 5.44. The van der Waals surface area contributed by atoms with E-state index in [0.717, 1.165) is 29.7 Å². The van der Waals surface area contributed by atoms with Gasteiger partial charge in [-0.05, 0) is 29.3 Å². The van der Waals surface area contributed by atoms with Crippen molar-refractivity contribution >= 4 is 15.9 Å². The predicted octanol–water partition coefficient (Wildman–Crippen LogP) is 1.87. The fraction of sp³-hybridized carbons (Fsp3) is 0.727. The number of halogens is 1. The first-order valence-corrected chi connectivity index (χ1v) is 6.33. The summed E-state index contributed by atoms with van der Waals surface area (Å²) in [5.41, 5.74) is 2.29. The van der Waals surface area contributed by atoms with Crippen LogP contribution in [0.5, 0.6) is 0 Å². The number of hydrogen-bond acceptors (Lipinski definition) is 3. The molecule has 4 nitrogen and oxygen atoms in total. The molecule has 1 atom stereocenters. The molecule has 1 aromatic rings. The average Bonchev–Trinajstić information content (AvgIpc) is 2.55. The molecule has 0 saturated heterocycles. The summed E-state index contributed by atoms with van der Waals surface area (Å²) >= 11 is 3.59. The normalized spacial score (nSPS) is 13.1. The molecule has 0 bridgehead atoms. The lowest BCUT2D eigenvalue weighted by molar-refractivity contribution is 0.117. The van der Waals surface area contributed by atoms with Crippen LogP contribution in [-0.2, 0) is 24.8 Å². The number of hydrogen-bond donors (Lipinski definition) is 1. The van der Waals surface area contributed by atoms with Crippen LogP contribution in [0.2, 0.25) is 0 Å². The quantitative estimate of drug-likeness (QED) is 0.869. The van der Waals surface area contributed by atoms with Crippen LogP contribution in [0.4, 0.5) is 0 Å². The fourth-order valence-corrected chi connectivity index (χ4v) is 2.25. The van der Waals surface area contributed by atoms with E-state index in [9.17, 15) is 0 Å². The van der Waals surface area contributed by atoms with E-state index in [1.165, 1.54) is 5.69 Å². The molecule has 0 saturated carbocycles. The number of ether oxygens (including phenoxy) is 1. The van der Waals surface area contributed by atoms with E-state index in [2.05, 4.69) is 33.3 Å². The molecule has 0 amide bonds. The molecule has 1 unspecified atom stereocenters. The number of nitrogens with zero attached hydrogens (tertiary/aromatic N) is 2. The van der Waals surface area contributed by atoms with Crippen LogP contribution < -0.4 is 5.32 Å². The van der Waals surface area contributed by atoms with Crippen molar-refractivity contribution in [1.29, 1.82) is 0 Å². The van der Waals surface area contributed by atoms with Gasteiger partial charge in [-0.2, -0.15) is 5.10 Å². The Morgan fingerprint density at radius 3 is 2.75 bits per heavy atom. The highest BCUT2D eigenvalue weighted by molar-refractivity contribution is 9.10. The largest absolute Gasteiger partial charge is 0.380 e. The second-order valence-corrected chi connectivity index (χ2v) is 4.65. The van der Waals surface area contributed by atoms with E-state index >= 15 is 0 Å². The zero-order valence-corrected chi connectivity index (χ0v) is 12.0. The Morgan fingerprint density at radius 2 is 2.25 bits per heavy atom. The summed E-state index contributed by atoms with van der Waals surface area (Å²) < 4.78 is 8.22. The fourth-order valence-electron chi connectivity index (χ4n) is 1.49. The lowest BCUT2D eigenvalue weighted by Gasteiger charge is -2.10. The van der Waals surface area contributed by atoms with Crippen molar-refractivity contribution in [2.75, 3.05) is 13.7 Å². The number of aryl methyl sites for hydroxylation is 2. The smallest absolute Gasteiger partial charge is 0.0767 e. The van der Waals surface area contributed by atoms with Gasteiger partial charge < -0.3 is 10.1 Å². The van der Waals surface area contributed by atoms with E-state index in [4.69, 9.17) is 4.74 Å². The molecule has 0 aliphatic carbocycles. The highest BCUT2D eigenvalue weighted by atomic mass is 79.9.